The molecule has 1 amide bonds. The summed E-state index contributed by atoms with van der Waals surface area (Å²) in [7, 11) is 1.49. The lowest BCUT2D eigenvalue weighted by Gasteiger charge is -2.25. The minimum absolute atomic E-state index is 0.00686. The maximum absolute atomic E-state index is 13.0. The number of carbonyl (C=O) groups is 2. The third kappa shape index (κ3) is 4.35. The van der Waals surface area contributed by atoms with Gasteiger partial charge in [-0.2, -0.15) is 0 Å². The number of ether oxygens (including phenoxy) is 2. The lowest BCUT2D eigenvalue weighted by Crippen LogP contribution is -2.33. The second kappa shape index (κ2) is 9.32. The molecule has 0 aromatic heterocycles. The molecule has 0 spiro atoms. The second-order valence-electron chi connectivity index (χ2n) is 7.17. The summed E-state index contributed by atoms with van der Waals surface area (Å²) in [6.45, 7) is 4.28. The van der Waals surface area contributed by atoms with Gasteiger partial charge in [-0.15, -0.1) is 0 Å². The Hall–Kier alpha value is -2.83. The summed E-state index contributed by atoms with van der Waals surface area (Å²) in [6.07, 6.45) is -0.00686. The zero-order valence-electron chi connectivity index (χ0n) is 17.1. The number of methoxy groups -OCH3 is 1. The Balaban J connectivity index is 2.12. The topological polar surface area (TPSA) is 76.1 Å². The summed E-state index contributed by atoms with van der Waals surface area (Å²) in [6, 6.07) is 13.1. The van der Waals surface area contributed by atoms with E-state index in [0.29, 0.717) is 11.3 Å². The minimum atomic E-state index is -0.759. The predicted molar refractivity (Wildman–Crippen MR) is 115 cm³/mol. The van der Waals surface area contributed by atoms with E-state index in [-0.39, 0.29) is 41.2 Å². The summed E-state index contributed by atoms with van der Waals surface area (Å²) in [5, 5.41) is 11.3. The fourth-order valence-electron chi connectivity index (χ4n) is 3.44. The molecular weight excluding hydrogens is 406 g/mol. The van der Waals surface area contributed by atoms with Crippen LogP contribution in [0.4, 0.5) is 0 Å². The lowest BCUT2D eigenvalue weighted by atomic mass is 9.95. The Morgan fingerprint density at radius 1 is 1.17 bits per heavy atom. The molecule has 1 fully saturated rings. The van der Waals surface area contributed by atoms with Crippen molar-refractivity contribution in [1.29, 1.82) is 0 Å². The Kier molecular flexibility index (Phi) is 6.80. The number of aliphatic hydroxyl groups excluding tert-OH is 1. The molecule has 3 rings (SSSR count). The molecule has 2 aromatic rings. The van der Waals surface area contributed by atoms with Crippen LogP contribution >= 0.6 is 11.6 Å². The Labute approximate surface area is 180 Å². The van der Waals surface area contributed by atoms with Crippen molar-refractivity contribution in [1.82, 2.24) is 4.90 Å². The number of amides is 1. The maximum atomic E-state index is 13.0. The number of likely N-dealkylation sites (tertiary alicyclic amines) is 1. The van der Waals surface area contributed by atoms with Crippen LogP contribution in [-0.2, 0) is 14.3 Å². The van der Waals surface area contributed by atoms with E-state index in [4.69, 9.17) is 21.1 Å². The summed E-state index contributed by atoms with van der Waals surface area (Å²) in [5.74, 6) is -1.31. The van der Waals surface area contributed by atoms with Crippen LogP contribution in [-0.4, -0.2) is 48.1 Å². The molecule has 1 aliphatic rings. The van der Waals surface area contributed by atoms with Gasteiger partial charge in [0.25, 0.3) is 11.7 Å². The number of ketones is 1. The van der Waals surface area contributed by atoms with Gasteiger partial charge in [-0.25, -0.2) is 0 Å². The van der Waals surface area contributed by atoms with Crippen molar-refractivity contribution in [3.63, 3.8) is 0 Å². The first-order valence-electron chi connectivity index (χ1n) is 9.64. The molecule has 1 heterocycles. The van der Waals surface area contributed by atoms with Crippen molar-refractivity contribution in [2.45, 2.75) is 26.0 Å². The molecule has 1 saturated heterocycles. The zero-order chi connectivity index (χ0) is 21.8. The van der Waals surface area contributed by atoms with E-state index < -0.39 is 17.7 Å². The molecule has 7 heteroatoms. The molecule has 1 atom stereocenters. The first-order valence-corrected chi connectivity index (χ1v) is 10.0. The van der Waals surface area contributed by atoms with Crippen molar-refractivity contribution < 1.29 is 24.2 Å². The number of rotatable bonds is 7. The SMILES string of the molecule is COc1ccc(Cl)c(/C(O)=C2\C(=O)C(=O)N(CCOC(C)C)C2c2ccccc2)c1. The summed E-state index contributed by atoms with van der Waals surface area (Å²) in [5.41, 5.74) is 0.932. The molecule has 0 aliphatic carbocycles. The highest BCUT2D eigenvalue weighted by molar-refractivity contribution is 6.47. The van der Waals surface area contributed by atoms with Crippen LogP contribution in [0.15, 0.2) is 54.1 Å². The van der Waals surface area contributed by atoms with Gasteiger partial charge in [0.05, 0.1) is 36.5 Å². The van der Waals surface area contributed by atoms with Gasteiger partial charge in [0.2, 0.25) is 0 Å². The molecule has 0 radical (unpaired) electrons. The number of hydrogen-bond acceptors (Lipinski definition) is 5. The summed E-state index contributed by atoms with van der Waals surface area (Å²) < 4.78 is 10.8. The fraction of sp³-hybridized carbons (Fsp3) is 0.304. The van der Waals surface area contributed by atoms with Crippen molar-refractivity contribution in [2.24, 2.45) is 0 Å². The highest BCUT2D eigenvalue weighted by atomic mass is 35.5. The van der Waals surface area contributed by atoms with Gasteiger partial charge in [-0.05, 0) is 37.6 Å². The Morgan fingerprint density at radius 2 is 1.87 bits per heavy atom. The van der Waals surface area contributed by atoms with Gasteiger partial charge in [0.1, 0.15) is 11.5 Å². The van der Waals surface area contributed by atoms with E-state index in [1.165, 1.54) is 18.1 Å². The quantitative estimate of drug-likeness (QED) is 0.405. The second-order valence-corrected chi connectivity index (χ2v) is 7.58. The molecule has 30 heavy (non-hydrogen) atoms. The molecular formula is C23H24ClNO5. The van der Waals surface area contributed by atoms with Gasteiger partial charge in [-0.3, -0.25) is 9.59 Å². The van der Waals surface area contributed by atoms with Crippen LogP contribution in [0.5, 0.6) is 5.75 Å². The van der Waals surface area contributed by atoms with Gasteiger partial charge < -0.3 is 19.5 Å². The molecule has 1 aliphatic heterocycles. The average Bonchev–Trinajstić information content (AvgIpc) is 2.99. The van der Waals surface area contributed by atoms with E-state index in [1.54, 1.807) is 12.1 Å². The number of halogens is 1. The normalized spacial score (nSPS) is 18.3. The highest BCUT2D eigenvalue weighted by Gasteiger charge is 2.46. The monoisotopic (exact) mass is 429 g/mol. The standard InChI is InChI=1S/C23H24ClNO5/c1-14(2)30-12-11-25-20(15-7-5-4-6-8-15)19(22(27)23(25)28)21(26)17-13-16(29-3)9-10-18(17)24/h4-10,13-14,20,26H,11-12H2,1-3H3/b21-19+. The van der Waals surface area contributed by atoms with Gasteiger partial charge in [0.15, 0.2) is 0 Å². The molecule has 0 saturated carbocycles. The lowest BCUT2D eigenvalue weighted by molar-refractivity contribution is -0.140. The van der Waals surface area contributed by atoms with E-state index in [9.17, 15) is 14.7 Å². The van der Waals surface area contributed by atoms with Gasteiger partial charge >= 0.3 is 0 Å². The number of carbonyl (C=O) groups excluding carboxylic acids is 2. The minimum Gasteiger partial charge on any atom is -0.507 e. The number of nitrogens with zero attached hydrogens (tertiary/aromatic N) is 1. The van der Waals surface area contributed by atoms with E-state index in [1.807, 2.05) is 44.2 Å². The largest absolute Gasteiger partial charge is 0.507 e. The van der Waals surface area contributed by atoms with E-state index in [2.05, 4.69) is 0 Å². The van der Waals surface area contributed by atoms with Crippen LogP contribution in [0.3, 0.4) is 0 Å². The van der Waals surface area contributed by atoms with Crippen LogP contribution in [0.25, 0.3) is 5.76 Å². The van der Waals surface area contributed by atoms with Crippen LogP contribution in [0, 0.1) is 0 Å². The number of benzene rings is 2. The van der Waals surface area contributed by atoms with Crippen LogP contribution in [0.1, 0.15) is 31.0 Å². The Morgan fingerprint density at radius 3 is 2.50 bits per heavy atom. The van der Waals surface area contributed by atoms with Crippen molar-refractivity contribution in [2.75, 3.05) is 20.3 Å². The number of aliphatic hydroxyl groups is 1. The van der Waals surface area contributed by atoms with Crippen molar-refractivity contribution in [3.8, 4) is 5.75 Å². The molecule has 1 N–H and O–H groups in total. The molecule has 1 unspecified atom stereocenters. The molecule has 6 nitrogen and oxygen atoms in total. The first-order chi connectivity index (χ1) is 14.3. The number of Topliss-reactive ketones (excluding diaryl/α,β-unsaturated/α-hetero) is 1. The highest BCUT2D eigenvalue weighted by Crippen LogP contribution is 2.40. The molecule has 0 bridgehead atoms. The predicted octanol–water partition coefficient (Wildman–Crippen LogP) is 4.20. The van der Waals surface area contributed by atoms with Crippen LogP contribution < -0.4 is 4.74 Å². The summed E-state index contributed by atoms with van der Waals surface area (Å²) in [4.78, 5) is 27.2. The third-order valence-electron chi connectivity index (χ3n) is 4.87. The number of hydrogen-bond donors (Lipinski definition) is 1. The molecule has 2 aromatic carbocycles. The van der Waals surface area contributed by atoms with Crippen molar-refractivity contribution >= 4 is 29.1 Å². The van der Waals surface area contributed by atoms with Gasteiger partial charge in [0, 0.05) is 12.1 Å². The van der Waals surface area contributed by atoms with Gasteiger partial charge in [-0.1, -0.05) is 41.9 Å². The van der Waals surface area contributed by atoms with Crippen LogP contribution in [0.2, 0.25) is 5.02 Å². The Bertz CT molecular complexity index is 971. The smallest absolute Gasteiger partial charge is 0.295 e. The molecule has 158 valence electrons. The third-order valence-corrected chi connectivity index (χ3v) is 5.20. The average molecular weight is 430 g/mol. The maximum Gasteiger partial charge on any atom is 0.295 e. The van der Waals surface area contributed by atoms with E-state index >= 15 is 0 Å². The van der Waals surface area contributed by atoms with Crippen molar-refractivity contribution in [3.05, 3.63) is 70.3 Å². The van der Waals surface area contributed by atoms with E-state index in [0.717, 1.165) is 0 Å². The fourth-order valence-corrected chi connectivity index (χ4v) is 3.64. The summed E-state index contributed by atoms with van der Waals surface area (Å²) >= 11 is 6.28. The zero-order valence-corrected chi connectivity index (χ0v) is 17.8. The first kappa shape index (κ1) is 21.9.